The molecule has 5 nitrogen and oxygen atoms in total. The fraction of sp³-hybridized carbons (Fsp3) is 0.143. The highest BCUT2D eigenvalue weighted by molar-refractivity contribution is 5.84. The minimum Gasteiger partial charge on any atom is -0.457 e. The van der Waals surface area contributed by atoms with Gasteiger partial charge in [-0.3, -0.25) is 9.36 Å². The second kappa shape index (κ2) is 9.03. The van der Waals surface area contributed by atoms with Gasteiger partial charge in [-0.2, -0.15) is 18.3 Å². The van der Waals surface area contributed by atoms with Gasteiger partial charge in [0.1, 0.15) is 17.1 Å². The maximum atomic E-state index is 14.0. The lowest BCUT2D eigenvalue weighted by Gasteiger charge is -2.15. The van der Waals surface area contributed by atoms with Gasteiger partial charge in [-0.1, -0.05) is 48.0 Å². The van der Waals surface area contributed by atoms with Crippen molar-refractivity contribution < 1.29 is 17.9 Å². The molecule has 0 atom stereocenters. The van der Waals surface area contributed by atoms with E-state index >= 15 is 0 Å². The van der Waals surface area contributed by atoms with E-state index in [0.29, 0.717) is 28.8 Å². The lowest BCUT2D eigenvalue weighted by Crippen LogP contribution is -2.25. The second-order valence-corrected chi connectivity index (χ2v) is 8.57. The molecule has 0 saturated carbocycles. The maximum Gasteiger partial charge on any atom is 0.417 e. The fourth-order valence-electron chi connectivity index (χ4n) is 4.21. The minimum absolute atomic E-state index is 0.0381. The van der Waals surface area contributed by atoms with Crippen LogP contribution in [-0.4, -0.2) is 14.3 Å². The number of hydrogen-bond donors (Lipinski definition) is 0. The molecule has 0 aliphatic carbocycles. The first-order chi connectivity index (χ1) is 17.2. The van der Waals surface area contributed by atoms with Gasteiger partial charge in [0.15, 0.2) is 0 Å². The molecule has 0 aliphatic rings. The van der Waals surface area contributed by atoms with Gasteiger partial charge in [0, 0.05) is 6.07 Å². The third kappa shape index (κ3) is 4.49. The van der Waals surface area contributed by atoms with Crippen molar-refractivity contribution in [3.8, 4) is 17.2 Å². The lowest BCUT2D eigenvalue weighted by molar-refractivity contribution is -0.136. The number of nitrogens with zero attached hydrogens (tertiary/aromatic N) is 3. The molecule has 8 heteroatoms. The Morgan fingerprint density at radius 2 is 1.56 bits per heavy atom. The van der Waals surface area contributed by atoms with Crippen molar-refractivity contribution in [2.75, 3.05) is 0 Å². The molecule has 2 aromatic heterocycles. The van der Waals surface area contributed by atoms with E-state index in [4.69, 9.17) is 4.74 Å². The summed E-state index contributed by atoms with van der Waals surface area (Å²) in [6.07, 6.45) is -4.70. The van der Waals surface area contributed by atoms with Gasteiger partial charge >= 0.3 is 6.18 Å². The van der Waals surface area contributed by atoms with Crippen LogP contribution in [0.15, 0.2) is 89.7 Å². The Morgan fingerprint density at radius 1 is 0.861 bits per heavy atom. The topological polar surface area (TPSA) is 49.0 Å². The number of benzene rings is 3. The smallest absolute Gasteiger partial charge is 0.417 e. The van der Waals surface area contributed by atoms with Gasteiger partial charge in [0.2, 0.25) is 0 Å². The van der Waals surface area contributed by atoms with Crippen molar-refractivity contribution in [2.24, 2.45) is 0 Å². The zero-order valence-corrected chi connectivity index (χ0v) is 19.6. The van der Waals surface area contributed by atoms with E-state index in [2.05, 4.69) is 5.10 Å². The molecule has 0 bridgehead atoms. The highest BCUT2D eigenvalue weighted by Crippen LogP contribution is 2.36. The zero-order valence-electron chi connectivity index (χ0n) is 19.6. The van der Waals surface area contributed by atoms with E-state index in [1.54, 1.807) is 36.4 Å². The molecule has 182 valence electrons. The highest BCUT2D eigenvalue weighted by Gasteiger charge is 2.36. The Labute approximate surface area is 205 Å². The predicted octanol–water partition coefficient (Wildman–Crippen LogP) is 6.66. The third-order valence-electron chi connectivity index (χ3n) is 5.90. The zero-order chi connectivity index (χ0) is 25.4. The van der Waals surface area contributed by atoms with Crippen LogP contribution in [0.1, 0.15) is 22.4 Å². The molecule has 0 unspecified atom stereocenters. The van der Waals surface area contributed by atoms with E-state index in [1.807, 2.05) is 49.4 Å². The van der Waals surface area contributed by atoms with Gasteiger partial charge in [-0.25, -0.2) is 4.68 Å². The summed E-state index contributed by atoms with van der Waals surface area (Å²) in [5.74, 6) is 1.20. The first kappa shape index (κ1) is 23.4. The quantitative estimate of drug-likeness (QED) is 0.277. The molecule has 0 radical (unpaired) electrons. The average Bonchev–Trinajstić information content (AvgIpc) is 3.18. The molecule has 3 aromatic carbocycles. The highest BCUT2D eigenvalue weighted by atomic mass is 19.4. The number of alkyl halides is 3. The molecular weight excluding hydrogens is 467 g/mol. The summed E-state index contributed by atoms with van der Waals surface area (Å²) in [6, 6.07) is 24.2. The summed E-state index contributed by atoms with van der Waals surface area (Å²) < 4.78 is 50.5. The molecular formula is C28H22F3N3O2. The van der Waals surface area contributed by atoms with Gasteiger partial charge < -0.3 is 4.74 Å². The Morgan fingerprint density at radius 3 is 2.25 bits per heavy atom. The molecule has 0 spiro atoms. The minimum atomic E-state index is -4.70. The largest absolute Gasteiger partial charge is 0.457 e. The molecule has 0 fully saturated rings. The number of aromatic nitrogens is 3. The Kier molecular flexibility index (Phi) is 5.88. The standard InChI is InChI=1S/C28H22F3N3O2/c1-18-11-13-21(14-12-18)34-27-26(19(2)32-34)24(28(29,30)31)16-25(35)33(27)17-20-7-6-10-23(15-20)36-22-8-4-3-5-9-22/h3-16H,17H2,1-2H3. The van der Waals surface area contributed by atoms with Crippen LogP contribution in [0.4, 0.5) is 13.2 Å². The van der Waals surface area contributed by atoms with Crippen LogP contribution in [-0.2, 0) is 12.7 Å². The summed E-state index contributed by atoms with van der Waals surface area (Å²) in [6.45, 7) is 3.47. The van der Waals surface area contributed by atoms with E-state index in [9.17, 15) is 18.0 Å². The molecule has 5 aromatic rings. The van der Waals surface area contributed by atoms with Gasteiger partial charge in [-0.05, 0) is 55.8 Å². The predicted molar refractivity (Wildman–Crippen MR) is 132 cm³/mol. The molecule has 0 amide bonds. The summed E-state index contributed by atoms with van der Waals surface area (Å²) >= 11 is 0. The number of aryl methyl sites for hydroxylation is 2. The monoisotopic (exact) mass is 489 g/mol. The number of fused-ring (bicyclic) bond motifs is 1. The number of para-hydroxylation sites is 1. The lowest BCUT2D eigenvalue weighted by atomic mass is 10.1. The van der Waals surface area contributed by atoms with Crippen molar-refractivity contribution >= 4 is 11.0 Å². The van der Waals surface area contributed by atoms with Crippen LogP contribution in [0.2, 0.25) is 0 Å². The van der Waals surface area contributed by atoms with Crippen LogP contribution in [0.25, 0.3) is 16.7 Å². The number of halogens is 3. The summed E-state index contributed by atoms with van der Waals surface area (Å²) in [4.78, 5) is 13.1. The van der Waals surface area contributed by atoms with E-state index in [1.165, 1.54) is 16.2 Å². The van der Waals surface area contributed by atoms with E-state index < -0.39 is 17.3 Å². The van der Waals surface area contributed by atoms with Crippen molar-refractivity contribution in [1.82, 2.24) is 14.3 Å². The van der Waals surface area contributed by atoms with Crippen LogP contribution >= 0.6 is 0 Å². The average molecular weight is 489 g/mol. The Bertz CT molecular complexity index is 1600. The summed E-state index contributed by atoms with van der Waals surface area (Å²) in [5.41, 5.74) is 0.774. The first-order valence-electron chi connectivity index (χ1n) is 11.3. The number of hydrogen-bond acceptors (Lipinski definition) is 3. The molecule has 36 heavy (non-hydrogen) atoms. The maximum absolute atomic E-state index is 14.0. The number of pyridine rings is 1. The molecule has 0 aliphatic heterocycles. The Balaban J connectivity index is 1.67. The number of ether oxygens (including phenoxy) is 1. The van der Waals surface area contributed by atoms with Crippen LogP contribution in [0.5, 0.6) is 11.5 Å². The normalized spacial score (nSPS) is 11.7. The third-order valence-corrected chi connectivity index (χ3v) is 5.90. The van der Waals surface area contributed by atoms with Crippen LogP contribution < -0.4 is 10.3 Å². The van der Waals surface area contributed by atoms with Crippen LogP contribution in [0, 0.1) is 13.8 Å². The SMILES string of the molecule is Cc1ccc(-n2nc(C)c3c(C(F)(F)F)cc(=O)n(Cc4cccc(Oc5ccccc5)c4)c32)cc1. The molecule has 0 saturated heterocycles. The fourth-order valence-corrected chi connectivity index (χ4v) is 4.21. The van der Waals surface area contributed by atoms with Gasteiger partial charge in [0.05, 0.1) is 28.9 Å². The molecule has 2 heterocycles. The van der Waals surface area contributed by atoms with Crippen LogP contribution in [0.3, 0.4) is 0 Å². The van der Waals surface area contributed by atoms with Crippen molar-refractivity contribution in [3.63, 3.8) is 0 Å². The Hall–Kier alpha value is -4.33. The van der Waals surface area contributed by atoms with Crippen molar-refractivity contribution in [2.45, 2.75) is 26.6 Å². The summed E-state index contributed by atoms with van der Waals surface area (Å²) in [5, 5.41) is 4.32. The number of rotatable bonds is 5. The van der Waals surface area contributed by atoms with Gasteiger partial charge in [-0.15, -0.1) is 0 Å². The second-order valence-electron chi connectivity index (χ2n) is 8.57. The first-order valence-corrected chi connectivity index (χ1v) is 11.3. The van der Waals surface area contributed by atoms with E-state index in [-0.39, 0.29) is 23.3 Å². The van der Waals surface area contributed by atoms with Gasteiger partial charge in [0.25, 0.3) is 5.56 Å². The molecule has 5 rings (SSSR count). The summed E-state index contributed by atoms with van der Waals surface area (Å²) in [7, 11) is 0. The van der Waals surface area contributed by atoms with Crippen molar-refractivity contribution in [3.05, 3.63) is 118 Å². The van der Waals surface area contributed by atoms with Crippen molar-refractivity contribution in [1.29, 1.82) is 0 Å². The van der Waals surface area contributed by atoms with E-state index in [0.717, 1.165) is 5.56 Å². The molecule has 0 N–H and O–H groups in total.